The smallest absolute Gasteiger partial charge is 0.323 e. The van der Waals surface area contributed by atoms with Gasteiger partial charge in [-0.25, -0.2) is 4.39 Å². The molecule has 1 amide bonds. The van der Waals surface area contributed by atoms with Crippen molar-refractivity contribution in [2.24, 2.45) is 5.92 Å². The number of carbonyl (C=O) groups is 2. The van der Waals surface area contributed by atoms with Crippen molar-refractivity contribution in [2.45, 2.75) is 25.3 Å². The van der Waals surface area contributed by atoms with Crippen LogP contribution < -0.4 is 5.32 Å². The van der Waals surface area contributed by atoms with E-state index in [1.807, 2.05) is 0 Å². The number of hydrogen-bond acceptors (Lipinski definition) is 4. The number of likely N-dealkylation sites (tertiary alicyclic amines) is 1. The van der Waals surface area contributed by atoms with Crippen molar-refractivity contribution in [1.82, 2.24) is 4.90 Å². The van der Waals surface area contributed by atoms with Gasteiger partial charge in [-0.3, -0.25) is 14.5 Å². The van der Waals surface area contributed by atoms with E-state index < -0.39 is 0 Å². The lowest BCUT2D eigenvalue weighted by atomic mass is 9.94. The lowest BCUT2D eigenvalue weighted by molar-refractivity contribution is -0.142. The first-order valence-electron chi connectivity index (χ1n) is 7.60. The van der Waals surface area contributed by atoms with Gasteiger partial charge in [-0.2, -0.15) is 0 Å². The highest BCUT2D eigenvalue weighted by atomic mass is 19.1. The molecule has 1 atom stereocenters. The normalized spacial score (nSPS) is 23.3. The number of halogens is 1. The van der Waals surface area contributed by atoms with Gasteiger partial charge in [-0.1, -0.05) is 6.07 Å². The third-order valence-electron chi connectivity index (χ3n) is 4.34. The van der Waals surface area contributed by atoms with Crippen LogP contribution in [0.15, 0.2) is 24.3 Å². The maximum Gasteiger partial charge on any atom is 0.323 e. The number of nitrogens with zero attached hydrogens (tertiary/aromatic N) is 1. The second-order valence-corrected chi connectivity index (χ2v) is 5.78. The highest BCUT2D eigenvalue weighted by Crippen LogP contribution is 2.24. The molecule has 2 aliphatic rings. The van der Waals surface area contributed by atoms with Crippen LogP contribution >= 0.6 is 0 Å². The standard InChI is InChI=1S/C16H19FN2O3/c17-12-2-1-3-13(10-12)18-15(20)11-4-7-19(8-5-11)14-6-9-22-16(14)21/h1-3,10-11,14H,4-9H2,(H,18,20)/t14-/m1/s1. The fourth-order valence-corrected chi connectivity index (χ4v) is 3.10. The molecule has 0 unspecified atom stereocenters. The Kier molecular flexibility index (Phi) is 4.38. The van der Waals surface area contributed by atoms with Crippen molar-refractivity contribution in [3.8, 4) is 0 Å². The van der Waals surface area contributed by atoms with E-state index in [0.29, 0.717) is 38.2 Å². The van der Waals surface area contributed by atoms with Gasteiger partial charge in [0, 0.05) is 18.0 Å². The third kappa shape index (κ3) is 3.27. The van der Waals surface area contributed by atoms with Gasteiger partial charge in [-0.15, -0.1) is 0 Å². The lowest BCUT2D eigenvalue weighted by Crippen LogP contribution is -2.45. The number of cyclic esters (lactones) is 1. The van der Waals surface area contributed by atoms with Crippen molar-refractivity contribution in [1.29, 1.82) is 0 Å². The van der Waals surface area contributed by atoms with Crippen LogP contribution in [0.25, 0.3) is 0 Å². The molecule has 2 saturated heterocycles. The maximum atomic E-state index is 13.1. The van der Waals surface area contributed by atoms with Crippen molar-refractivity contribution in [3.05, 3.63) is 30.1 Å². The highest BCUT2D eigenvalue weighted by Gasteiger charge is 2.35. The molecule has 0 aliphatic carbocycles. The summed E-state index contributed by atoms with van der Waals surface area (Å²) in [6.07, 6.45) is 2.13. The van der Waals surface area contributed by atoms with Crippen molar-refractivity contribution < 1.29 is 18.7 Å². The van der Waals surface area contributed by atoms with Gasteiger partial charge >= 0.3 is 5.97 Å². The van der Waals surface area contributed by atoms with Gasteiger partial charge < -0.3 is 10.1 Å². The van der Waals surface area contributed by atoms with E-state index in [1.165, 1.54) is 12.1 Å². The first-order chi connectivity index (χ1) is 10.6. The maximum absolute atomic E-state index is 13.1. The van der Waals surface area contributed by atoms with E-state index in [2.05, 4.69) is 10.2 Å². The molecule has 0 bridgehead atoms. The van der Waals surface area contributed by atoms with E-state index in [0.717, 1.165) is 6.42 Å². The molecule has 2 aliphatic heterocycles. The molecule has 1 aromatic carbocycles. The number of benzene rings is 1. The van der Waals surface area contributed by atoms with E-state index in [-0.39, 0.29) is 29.7 Å². The number of amides is 1. The molecule has 2 fully saturated rings. The van der Waals surface area contributed by atoms with Gasteiger partial charge in [0.2, 0.25) is 5.91 Å². The van der Waals surface area contributed by atoms with Crippen LogP contribution in [-0.2, 0) is 14.3 Å². The molecule has 118 valence electrons. The summed E-state index contributed by atoms with van der Waals surface area (Å²) in [5, 5.41) is 2.76. The Morgan fingerprint density at radius 2 is 2.05 bits per heavy atom. The molecular formula is C16H19FN2O3. The highest BCUT2D eigenvalue weighted by molar-refractivity contribution is 5.92. The average molecular weight is 306 g/mol. The van der Waals surface area contributed by atoms with Gasteiger partial charge in [-0.05, 0) is 44.1 Å². The third-order valence-corrected chi connectivity index (χ3v) is 4.34. The Bertz CT molecular complexity index is 570. The molecule has 3 rings (SSSR count). The molecule has 0 aromatic heterocycles. The lowest BCUT2D eigenvalue weighted by Gasteiger charge is -2.33. The molecule has 6 heteroatoms. The number of anilines is 1. The summed E-state index contributed by atoms with van der Waals surface area (Å²) in [6, 6.07) is 5.74. The topological polar surface area (TPSA) is 58.6 Å². The monoisotopic (exact) mass is 306 g/mol. The first kappa shape index (κ1) is 15.0. The zero-order valence-corrected chi connectivity index (χ0v) is 12.3. The van der Waals surface area contributed by atoms with Gasteiger partial charge in [0.25, 0.3) is 0 Å². The summed E-state index contributed by atoms with van der Waals surface area (Å²) in [6.45, 7) is 1.91. The second-order valence-electron chi connectivity index (χ2n) is 5.78. The minimum atomic E-state index is -0.368. The van der Waals surface area contributed by atoms with Crippen molar-refractivity contribution in [3.63, 3.8) is 0 Å². The molecule has 5 nitrogen and oxygen atoms in total. The summed E-state index contributed by atoms with van der Waals surface area (Å²) < 4.78 is 18.1. The Balaban J connectivity index is 1.52. The van der Waals surface area contributed by atoms with E-state index in [9.17, 15) is 14.0 Å². The SMILES string of the molecule is O=C(Nc1cccc(F)c1)C1CCN([C@@H]2CCOC2=O)CC1. The fourth-order valence-electron chi connectivity index (χ4n) is 3.10. The number of nitrogens with one attached hydrogen (secondary N) is 1. The Morgan fingerprint density at radius 3 is 2.68 bits per heavy atom. The molecular weight excluding hydrogens is 287 g/mol. The number of esters is 1. The molecule has 0 radical (unpaired) electrons. The molecule has 2 heterocycles. The minimum Gasteiger partial charge on any atom is -0.464 e. The van der Waals surface area contributed by atoms with Crippen molar-refractivity contribution in [2.75, 3.05) is 25.0 Å². The quantitative estimate of drug-likeness (QED) is 0.865. The number of hydrogen-bond donors (Lipinski definition) is 1. The van der Waals surface area contributed by atoms with Crippen LogP contribution in [0.3, 0.4) is 0 Å². The molecule has 1 N–H and O–H groups in total. The summed E-state index contributed by atoms with van der Waals surface area (Å²) in [5.41, 5.74) is 0.479. The Morgan fingerprint density at radius 1 is 1.27 bits per heavy atom. The zero-order valence-electron chi connectivity index (χ0n) is 12.3. The molecule has 0 spiro atoms. The van der Waals surface area contributed by atoms with Crippen LogP contribution in [0.2, 0.25) is 0 Å². The predicted octanol–water partition coefficient (Wildman–Crippen LogP) is 1.79. The number of piperidine rings is 1. The summed E-state index contributed by atoms with van der Waals surface area (Å²) in [7, 11) is 0. The Hall–Kier alpha value is -1.95. The van der Waals surface area contributed by atoms with E-state index in [4.69, 9.17) is 4.74 Å². The summed E-state index contributed by atoms with van der Waals surface area (Å²) in [5.74, 6) is -0.703. The van der Waals surface area contributed by atoms with Gasteiger partial charge in [0.15, 0.2) is 0 Å². The van der Waals surface area contributed by atoms with E-state index >= 15 is 0 Å². The largest absolute Gasteiger partial charge is 0.464 e. The fraction of sp³-hybridized carbons (Fsp3) is 0.500. The predicted molar refractivity (Wildman–Crippen MR) is 78.7 cm³/mol. The van der Waals surface area contributed by atoms with Crippen LogP contribution in [0.1, 0.15) is 19.3 Å². The average Bonchev–Trinajstić information content (AvgIpc) is 2.93. The molecule has 0 saturated carbocycles. The number of carbonyl (C=O) groups excluding carboxylic acids is 2. The van der Waals surface area contributed by atoms with Crippen LogP contribution in [0.5, 0.6) is 0 Å². The molecule has 1 aromatic rings. The van der Waals surface area contributed by atoms with Crippen LogP contribution in [0.4, 0.5) is 10.1 Å². The van der Waals surface area contributed by atoms with Gasteiger partial charge in [0.1, 0.15) is 11.9 Å². The zero-order chi connectivity index (χ0) is 15.5. The van der Waals surface area contributed by atoms with Gasteiger partial charge in [0.05, 0.1) is 6.61 Å². The van der Waals surface area contributed by atoms with Crippen molar-refractivity contribution >= 4 is 17.6 Å². The van der Waals surface area contributed by atoms with E-state index in [1.54, 1.807) is 12.1 Å². The van der Waals surface area contributed by atoms with Crippen LogP contribution in [-0.4, -0.2) is 42.5 Å². The number of ether oxygens (including phenoxy) is 1. The number of rotatable bonds is 3. The molecule has 22 heavy (non-hydrogen) atoms. The second kappa shape index (κ2) is 6.44. The summed E-state index contributed by atoms with van der Waals surface area (Å²) >= 11 is 0. The minimum absolute atomic E-state index is 0.0840. The van der Waals surface area contributed by atoms with Crippen LogP contribution in [0, 0.1) is 11.7 Å². The summed E-state index contributed by atoms with van der Waals surface area (Å²) in [4.78, 5) is 25.9. The Labute approximate surface area is 128 Å². The first-order valence-corrected chi connectivity index (χ1v) is 7.60.